The van der Waals surface area contributed by atoms with Crippen molar-refractivity contribution >= 4 is 27.5 Å². The third-order valence-electron chi connectivity index (χ3n) is 13.4. The number of nitrogens with zero attached hydrogens (tertiary/aromatic N) is 4. The molecule has 2 aromatic heterocycles. The molecule has 0 saturated carbocycles. The van der Waals surface area contributed by atoms with Crippen LogP contribution in [0.15, 0.2) is 212 Å². The topological polar surface area (TPSA) is 43.6 Å². The van der Waals surface area contributed by atoms with E-state index in [1.54, 1.807) is 0 Å². The molecule has 290 valence electrons. The number of allylic oxidation sites excluding steroid dienone is 4. The first-order valence-electron chi connectivity index (χ1n) is 21.5. The second-order valence-corrected chi connectivity index (χ2v) is 16.6. The van der Waals surface area contributed by atoms with E-state index in [2.05, 4.69) is 199 Å². The van der Waals surface area contributed by atoms with Gasteiger partial charge in [0.25, 0.3) is 0 Å². The second-order valence-electron chi connectivity index (χ2n) is 16.6. The fourth-order valence-corrected chi connectivity index (χ4v) is 10.8. The summed E-state index contributed by atoms with van der Waals surface area (Å²) in [6.07, 6.45) is 7.50. The Morgan fingerprint density at radius 1 is 0.452 bits per heavy atom. The standard InChI is InChI=1S/C58H38N4/c1-3-18-37(19-4-1)39-22-17-23-40(36-39)56-59-55(38-20-5-2-6-21-38)60-57(61-56)46-28-11-16-33-52(46)62-51-32-15-10-26-43(51)44-34-35-50-53(54(44)62)45-27-9-14-31-49(45)58(50)47-29-12-7-24-41(47)42-25-8-13-30-48(42)58/h1-27,29-36,46H,28H2. The first kappa shape index (κ1) is 34.9. The fourth-order valence-electron chi connectivity index (χ4n) is 10.8. The Morgan fingerprint density at radius 3 is 1.77 bits per heavy atom. The third kappa shape index (κ3) is 4.92. The molecule has 0 saturated heterocycles. The largest absolute Gasteiger partial charge is 0.312 e. The molecule has 0 N–H and O–H groups in total. The molecule has 3 aliphatic rings. The fraction of sp³-hybridized carbons (Fsp3) is 0.0517. The van der Waals surface area contributed by atoms with Gasteiger partial charge < -0.3 is 4.57 Å². The number of para-hydroxylation sites is 1. The molecule has 8 aromatic carbocycles. The molecule has 0 amide bonds. The smallest absolute Gasteiger partial charge is 0.163 e. The lowest BCUT2D eigenvalue weighted by Crippen LogP contribution is -2.25. The van der Waals surface area contributed by atoms with Gasteiger partial charge in [0.2, 0.25) is 0 Å². The van der Waals surface area contributed by atoms with Crippen molar-refractivity contribution in [2.24, 2.45) is 0 Å². The SMILES string of the molecule is C1=CCC(c2nc(-c3ccccc3)nc(-c3cccc(-c4ccccc4)c3)n2)C(n2c3ccccc3c3ccc4c(c32)-c2ccccc2C42c3ccccc3-c3ccccc32)=C1. The molecule has 1 atom stereocenters. The van der Waals surface area contributed by atoms with Crippen LogP contribution in [0.3, 0.4) is 0 Å². The molecule has 4 heteroatoms. The Hall–Kier alpha value is -7.95. The van der Waals surface area contributed by atoms with Crippen molar-refractivity contribution in [3.63, 3.8) is 0 Å². The van der Waals surface area contributed by atoms with Crippen molar-refractivity contribution in [1.29, 1.82) is 0 Å². The van der Waals surface area contributed by atoms with Crippen molar-refractivity contribution in [3.05, 3.63) is 240 Å². The zero-order chi connectivity index (χ0) is 40.8. The van der Waals surface area contributed by atoms with Crippen LogP contribution in [0.2, 0.25) is 0 Å². The van der Waals surface area contributed by atoms with Crippen LogP contribution in [-0.2, 0) is 5.41 Å². The maximum Gasteiger partial charge on any atom is 0.163 e. The molecular weight excluding hydrogens is 753 g/mol. The molecule has 0 fully saturated rings. The van der Waals surface area contributed by atoms with Gasteiger partial charge in [0.1, 0.15) is 5.82 Å². The molecule has 1 unspecified atom stereocenters. The van der Waals surface area contributed by atoms with Gasteiger partial charge in [0.15, 0.2) is 11.6 Å². The summed E-state index contributed by atoms with van der Waals surface area (Å²) in [5.41, 5.74) is 17.8. The quantitative estimate of drug-likeness (QED) is 0.174. The predicted octanol–water partition coefficient (Wildman–Crippen LogP) is 13.9. The van der Waals surface area contributed by atoms with Gasteiger partial charge >= 0.3 is 0 Å². The molecule has 2 heterocycles. The van der Waals surface area contributed by atoms with Gasteiger partial charge in [-0.1, -0.05) is 194 Å². The van der Waals surface area contributed by atoms with E-state index in [0.717, 1.165) is 40.2 Å². The van der Waals surface area contributed by atoms with Crippen molar-refractivity contribution < 1.29 is 0 Å². The van der Waals surface area contributed by atoms with Crippen LogP contribution < -0.4 is 0 Å². The first-order chi connectivity index (χ1) is 30.8. The van der Waals surface area contributed by atoms with E-state index in [1.165, 1.54) is 66.3 Å². The van der Waals surface area contributed by atoms with Crippen molar-refractivity contribution in [2.45, 2.75) is 17.8 Å². The van der Waals surface area contributed by atoms with E-state index in [-0.39, 0.29) is 5.92 Å². The van der Waals surface area contributed by atoms with Gasteiger partial charge in [-0.2, -0.15) is 0 Å². The minimum absolute atomic E-state index is 0.157. The van der Waals surface area contributed by atoms with Crippen molar-refractivity contribution in [1.82, 2.24) is 19.5 Å². The molecule has 0 aliphatic heterocycles. The van der Waals surface area contributed by atoms with Crippen LogP contribution in [0.4, 0.5) is 0 Å². The highest BCUT2D eigenvalue weighted by Crippen LogP contribution is 2.64. The summed E-state index contributed by atoms with van der Waals surface area (Å²) in [5.74, 6) is 1.93. The van der Waals surface area contributed by atoms with E-state index in [4.69, 9.17) is 15.0 Å². The summed E-state index contributed by atoms with van der Waals surface area (Å²) in [5, 5.41) is 2.46. The lowest BCUT2D eigenvalue weighted by atomic mass is 9.70. The van der Waals surface area contributed by atoms with Crippen LogP contribution in [-0.4, -0.2) is 19.5 Å². The van der Waals surface area contributed by atoms with Crippen LogP contribution in [0.1, 0.15) is 40.4 Å². The Labute approximate surface area is 359 Å². The van der Waals surface area contributed by atoms with Gasteiger partial charge in [0, 0.05) is 33.2 Å². The highest BCUT2D eigenvalue weighted by atomic mass is 15.1. The third-order valence-corrected chi connectivity index (χ3v) is 13.4. The van der Waals surface area contributed by atoms with Gasteiger partial charge in [-0.25, -0.2) is 15.0 Å². The molecular formula is C58H38N4. The predicted molar refractivity (Wildman–Crippen MR) is 253 cm³/mol. The molecule has 10 aromatic rings. The van der Waals surface area contributed by atoms with Crippen LogP contribution in [0.25, 0.3) is 83.7 Å². The van der Waals surface area contributed by atoms with Crippen molar-refractivity contribution in [2.75, 3.05) is 0 Å². The summed E-state index contributed by atoms with van der Waals surface area (Å²) >= 11 is 0. The molecule has 0 radical (unpaired) electrons. The number of rotatable bonds is 5. The van der Waals surface area contributed by atoms with E-state index >= 15 is 0 Å². The van der Waals surface area contributed by atoms with Crippen LogP contribution in [0, 0.1) is 0 Å². The minimum atomic E-state index is -0.448. The van der Waals surface area contributed by atoms with Gasteiger partial charge in [-0.05, 0) is 74.7 Å². The summed E-state index contributed by atoms with van der Waals surface area (Å²) in [7, 11) is 0. The first-order valence-corrected chi connectivity index (χ1v) is 21.5. The maximum atomic E-state index is 5.41. The summed E-state index contributed by atoms with van der Waals surface area (Å²) < 4.78 is 2.54. The number of hydrogen-bond acceptors (Lipinski definition) is 3. The Bertz CT molecular complexity index is 3460. The summed E-state index contributed by atoms with van der Waals surface area (Å²) in [6, 6.07) is 70.2. The molecule has 3 aliphatic carbocycles. The van der Waals surface area contributed by atoms with Gasteiger partial charge in [-0.3, -0.25) is 0 Å². The molecule has 0 bridgehead atoms. The Morgan fingerprint density at radius 2 is 1.03 bits per heavy atom. The van der Waals surface area contributed by atoms with Crippen molar-refractivity contribution in [3.8, 4) is 56.2 Å². The van der Waals surface area contributed by atoms with E-state index in [1.807, 2.05) is 18.2 Å². The maximum absolute atomic E-state index is 5.41. The Balaban J connectivity index is 1.07. The average Bonchev–Trinajstić information content (AvgIpc) is 3.96. The zero-order valence-electron chi connectivity index (χ0n) is 33.8. The van der Waals surface area contributed by atoms with Crippen LogP contribution in [0.5, 0.6) is 0 Å². The van der Waals surface area contributed by atoms with Gasteiger partial charge in [-0.15, -0.1) is 0 Å². The average molecular weight is 791 g/mol. The van der Waals surface area contributed by atoms with Crippen LogP contribution >= 0.6 is 0 Å². The zero-order valence-corrected chi connectivity index (χ0v) is 33.8. The highest BCUT2D eigenvalue weighted by Gasteiger charge is 2.52. The van der Waals surface area contributed by atoms with E-state index in [0.29, 0.717) is 11.6 Å². The summed E-state index contributed by atoms with van der Waals surface area (Å²) in [6.45, 7) is 0. The normalized spacial score (nSPS) is 15.4. The Kier molecular flexibility index (Phi) is 7.61. The monoisotopic (exact) mass is 790 g/mol. The summed E-state index contributed by atoms with van der Waals surface area (Å²) in [4.78, 5) is 15.9. The van der Waals surface area contributed by atoms with E-state index < -0.39 is 5.41 Å². The minimum Gasteiger partial charge on any atom is -0.312 e. The number of aromatic nitrogens is 4. The highest BCUT2D eigenvalue weighted by molar-refractivity contribution is 6.17. The molecule has 62 heavy (non-hydrogen) atoms. The number of hydrogen-bond donors (Lipinski definition) is 0. The molecule has 4 nitrogen and oxygen atoms in total. The van der Waals surface area contributed by atoms with Gasteiger partial charge in [0.05, 0.1) is 22.4 Å². The second kappa shape index (κ2) is 13.5. The van der Waals surface area contributed by atoms with E-state index in [9.17, 15) is 0 Å². The lowest BCUT2D eigenvalue weighted by Gasteiger charge is -2.30. The molecule has 1 spiro atoms. The molecule has 13 rings (SSSR count). The lowest BCUT2D eigenvalue weighted by molar-refractivity contribution is 0.753. The number of fused-ring (bicyclic) bond motifs is 14. The number of benzene rings is 8.